The van der Waals surface area contributed by atoms with Crippen LogP contribution in [0.4, 0.5) is 0 Å². The highest BCUT2D eigenvalue weighted by molar-refractivity contribution is 5.14. The SMILES string of the molecule is CCC(CN(C)Cc1ccccc1)NC. The Bertz CT molecular complexity index is 254. The second-order valence-corrected chi connectivity index (χ2v) is 4.08. The first kappa shape index (κ1) is 12.2. The quantitative estimate of drug-likeness (QED) is 0.767. The van der Waals surface area contributed by atoms with Gasteiger partial charge >= 0.3 is 0 Å². The zero-order valence-electron chi connectivity index (χ0n) is 10.0. The molecule has 0 amide bonds. The molecule has 0 spiro atoms. The molecule has 84 valence electrons. The first-order valence-corrected chi connectivity index (χ1v) is 5.66. The fourth-order valence-electron chi connectivity index (χ4n) is 1.76. The number of rotatable bonds is 6. The molecular formula is C13H22N2. The lowest BCUT2D eigenvalue weighted by Crippen LogP contribution is -2.36. The van der Waals surface area contributed by atoms with E-state index < -0.39 is 0 Å². The van der Waals surface area contributed by atoms with Gasteiger partial charge in [-0.2, -0.15) is 0 Å². The summed E-state index contributed by atoms with van der Waals surface area (Å²) in [5.41, 5.74) is 1.38. The van der Waals surface area contributed by atoms with Gasteiger partial charge in [0.25, 0.3) is 0 Å². The summed E-state index contributed by atoms with van der Waals surface area (Å²) in [5, 5.41) is 3.33. The maximum Gasteiger partial charge on any atom is 0.0231 e. The molecule has 0 saturated carbocycles. The van der Waals surface area contributed by atoms with Crippen LogP contribution in [0.5, 0.6) is 0 Å². The van der Waals surface area contributed by atoms with Gasteiger partial charge in [-0.1, -0.05) is 37.3 Å². The molecule has 2 nitrogen and oxygen atoms in total. The largest absolute Gasteiger partial charge is 0.316 e. The van der Waals surface area contributed by atoms with E-state index in [2.05, 4.69) is 54.5 Å². The highest BCUT2D eigenvalue weighted by Crippen LogP contribution is 2.03. The van der Waals surface area contributed by atoms with Crippen LogP contribution in [-0.4, -0.2) is 31.6 Å². The first-order chi connectivity index (χ1) is 7.26. The fourth-order valence-corrected chi connectivity index (χ4v) is 1.76. The van der Waals surface area contributed by atoms with Gasteiger partial charge in [-0.05, 0) is 26.1 Å². The van der Waals surface area contributed by atoms with Crippen molar-refractivity contribution in [3.05, 3.63) is 35.9 Å². The standard InChI is InChI=1S/C13H22N2/c1-4-13(14-2)11-15(3)10-12-8-6-5-7-9-12/h5-9,13-14H,4,10-11H2,1-3H3. The van der Waals surface area contributed by atoms with Gasteiger partial charge in [-0.15, -0.1) is 0 Å². The highest BCUT2D eigenvalue weighted by atomic mass is 15.1. The van der Waals surface area contributed by atoms with Crippen LogP contribution in [0.1, 0.15) is 18.9 Å². The van der Waals surface area contributed by atoms with Gasteiger partial charge in [-0.25, -0.2) is 0 Å². The Morgan fingerprint density at radius 2 is 1.93 bits per heavy atom. The van der Waals surface area contributed by atoms with Crippen molar-refractivity contribution in [1.82, 2.24) is 10.2 Å². The molecule has 0 saturated heterocycles. The molecule has 0 bridgehead atoms. The van der Waals surface area contributed by atoms with Gasteiger partial charge in [0, 0.05) is 19.1 Å². The van der Waals surface area contributed by atoms with E-state index in [0.717, 1.165) is 13.1 Å². The molecule has 1 unspecified atom stereocenters. The molecule has 1 rings (SSSR count). The summed E-state index contributed by atoms with van der Waals surface area (Å²) in [6, 6.07) is 11.2. The molecule has 1 N–H and O–H groups in total. The predicted molar refractivity (Wildman–Crippen MR) is 65.9 cm³/mol. The smallest absolute Gasteiger partial charge is 0.0231 e. The van der Waals surface area contributed by atoms with Crippen LogP contribution in [0.15, 0.2) is 30.3 Å². The van der Waals surface area contributed by atoms with Gasteiger partial charge < -0.3 is 10.2 Å². The zero-order chi connectivity index (χ0) is 11.1. The van der Waals surface area contributed by atoms with E-state index in [1.54, 1.807) is 0 Å². The summed E-state index contributed by atoms with van der Waals surface area (Å²) in [7, 11) is 4.21. The average molecular weight is 206 g/mol. The molecular weight excluding hydrogens is 184 g/mol. The minimum atomic E-state index is 0.596. The molecule has 0 aliphatic heterocycles. The third kappa shape index (κ3) is 4.45. The minimum absolute atomic E-state index is 0.596. The molecule has 2 heteroatoms. The Hall–Kier alpha value is -0.860. The number of hydrogen-bond donors (Lipinski definition) is 1. The zero-order valence-corrected chi connectivity index (χ0v) is 10.0. The van der Waals surface area contributed by atoms with Crippen LogP contribution in [0, 0.1) is 0 Å². The number of nitrogens with one attached hydrogen (secondary N) is 1. The van der Waals surface area contributed by atoms with E-state index in [-0.39, 0.29) is 0 Å². The summed E-state index contributed by atoms with van der Waals surface area (Å²) in [4.78, 5) is 2.36. The maximum absolute atomic E-state index is 3.33. The number of benzene rings is 1. The van der Waals surface area contributed by atoms with Crippen molar-refractivity contribution in [1.29, 1.82) is 0 Å². The average Bonchev–Trinajstić information content (AvgIpc) is 2.27. The third-order valence-corrected chi connectivity index (χ3v) is 2.73. The number of hydrogen-bond acceptors (Lipinski definition) is 2. The van der Waals surface area contributed by atoms with Gasteiger partial charge in [0.15, 0.2) is 0 Å². The van der Waals surface area contributed by atoms with Gasteiger partial charge in [0.2, 0.25) is 0 Å². The fraction of sp³-hybridized carbons (Fsp3) is 0.538. The Kier molecular flexibility index (Phi) is 5.37. The summed E-state index contributed by atoms with van der Waals surface area (Å²) < 4.78 is 0. The number of likely N-dealkylation sites (N-methyl/N-ethyl adjacent to an activating group) is 2. The molecule has 0 fully saturated rings. The van der Waals surface area contributed by atoms with E-state index >= 15 is 0 Å². The second-order valence-electron chi connectivity index (χ2n) is 4.08. The molecule has 1 aromatic rings. The van der Waals surface area contributed by atoms with E-state index in [4.69, 9.17) is 0 Å². The molecule has 0 radical (unpaired) electrons. The molecule has 0 aromatic heterocycles. The second kappa shape index (κ2) is 6.59. The van der Waals surface area contributed by atoms with E-state index in [0.29, 0.717) is 6.04 Å². The van der Waals surface area contributed by atoms with E-state index in [1.165, 1.54) is 12.0 Å². The Balaban J connectivity index is 2.39. The molecule has 1 atom stereocenters. The normalized spacial score (nSPS) is 13.1. The third-order valence-electron chi connectivity index (χ3n) is 2.73. The van der Waals surface area contributed by atoms with Crippen LogP contribution < -0.4 is 5.32 Å². The monoisotopic (exact) mass is 206 g/mol. The van der Waals surface area contributed by atoms with Crippen molar-refractivity contribution >= 4 is 0 Å². The van der Waals surface area contributed by atoms with Gasteiger partial charge in [0.05, 0.1) is 0 Å². The lowest BCUT2D eigenvalue weighted by Gasteiger charge is -2.22. The van der Waals surface area contributed by atoms with Crippen molar-refractivity contribution in [2.45, 2.75) is 25.9 Å². The van der Waals surface area contributed by atoms with Crippen molar-refractivity contribution in [2.24, 2.45) is 0 Å². The Morgan fingerprint density at radius 1 is 1.27 bits per heavy atom. The van der Waals surface area contributed by atoms with Crippen LogP contribution in [-0.2, 0) is 6.54 Å². The van der Waals surface area contributed by atoms with Crippen LogP contribution in [0.3, 0.4) is 0 Å². The molecule has 1 aromatic carbocycles. The highest BCUT2D eigenvalue weighted by Gasteiger charge is 2.06. The Labute approximate surface area is 93.3 Å². The van der Waals surface area contributed by atoms with E-state index in [1.807, 2.05) is 7.05 Å². The number of nitrogens with zero attached hydrogens (tertiary/aromatic N) is 1. The van der Waals surface area contributed by atoms with Gasteiger partial charge in [-0.3, -0.25) is 0 Å². The molecule has 0 heterocycles. The summed E-state index contributed by atoms with van der Waals surface area (Å²) in [6.45, 7) is 4.35. The molecule has 0 aliphatic carbocycles. The van der Waals surface area contributed by atoms with Crippen molar-refractivity contribution in [3.63, 3.8) is 0 Å². The van der Waals surface area contributed by atoms with Crippen molar-refractivity contribution < 1.29 is 0 Å². The predicted octanol–water partition coefficient (Wildman–Crippen LogP) is 2.12. The molecule has 0 aliphatic rings. The van der Waals surface area contributed by atoms with Crippen LogP contribution in [0.2, 0.25) is 0 Å². The summed E-state index contributed by atoms with van der Waals surface area (Å²) in [6.07, 6.45) is 1.18. The van der Waals surface area contributed by atoms with Crippen molar-refractivity contribution in [2.75, 3.05) is 20.6 Å². The Morgan fingerprint density at radius 3 is 2.47 bits per heavy atom. The van der Waals surface area contributed by atoms with E-state index in [9.17, 15) is 0 Å². The summed E-state index contributed by atoms with van der Waals surface area (Å²) >= 11 is 0. The topological polar surface area (TPSA) is 15.3 Å². The van der Waals surface area contributed by atoms with Gasteiger partial charge in [0.1, 0.15) is 0 Å². The maximum atomic E-state index is 3.33. The van der Waals surface area contributed by atoms with Crippen LogP contribution >= 0.6 is 0 Å². The first-order valence-electron chi connectivity index (χ1n) is 5.66. The van der Waals surface area contributed by atoms with Crippen molar-refractivity contribution in [3.8, 4) is 0 Å². The minimum Gasteiger partial charge on any atom is -0.316 e. The van der Waals surface area contributed by atoms with Crippen LogP contribution in [0.25, 0.3) is 0 Å². The lowest BCUT2D eigenvalue weighted by atomic mass is 10.2. The molecule has 15 heavy (non-hydrogen) atoms. The summed E-state index contributed by atoms with van der Waals surface area (Å²) in [5.74, 6) is 0. The lowest BCUT2D eigenvalue weighted by molar-refractivity contribution is 0.284.